The van der Waals surface area contributed by atoms with Crippen LogP contribution in [0.1, 0.15) is 5.82 Å². The Labute approximate surface area is 132 Å². The molecule has 1 aromatic heterocycles. The van der Waals surface area contributed by atoms with Crippen LogP contribution in [0.5, 0.6) is 0 Å². The van der Waals surface area contributed by atoms with Crippen molar-refractivity contribution in [2.45, 2.75) is 6.42 Å². The summed E-state index contributed by atoms with van der Waals surface area (Å²) in [5.41, 5.74) is 2.19. The molecule has 108 valence electrons. The van der Waals surface area contributed by atoms with Crippen molar-refractivity contribution in [2.75, 3.05) is 44.1 Å². The number of benzene rings is 1. The van der Waals surface area contributed by atoms with Gasteiger partial charge in [0.25, 0.3) is 0 Å². The minimum absolute atomic E-state index is 0.595. The number of aryl methyl sites for hydroxylation is 1. The number of piperazine rings is 1. The van der Waals surface area contributed by atoms with E-state index < -0.39 is 0 Å². The molecule has 1 aromatic carbocycles. The molecule has 4 nitrogen and oxygen atoms in total. The standard InChI is InChI=1S/C14H18BrClN4/c1-18-6-8-19(9-7-18)20-13-3-2-11(15)10-12(13)17-14(20)4-5-16/h2-3,10H,4-9H2,1H3. The van der Waals surface area contributed by atoms with Gasteiger partial charge in [-0.05, 0) is 25.2 Å². The number of hydrogen-bond donors (Lipinski definition) is 0. The Balaban J connectivity index is 2.04. The van der Waals surface area contributed by atoms with Gasteiger partial charge in [0.1, 0.15) is 5.82 Å². The molecule has 0 bridgehead atoms. The van der Waals surface area contributed by atoms with Crippen LogP contribution >= 0.6 is 27.5 Å². The monoisotopic (exact) mass is 356 g/mol. The van der Waals surface area contributed by atoms with Gasteiger partial charge in [0.05, 0.1) is 11.0 Å². The zero-order valence-electron chi connectivity index (χ0n) is 11.5. The van der Waals surface area contributed by atoms with Gasteiger partial charge >= 0.3 is 0 Å². The Bertz CT molecular complexity index is 604. The zero-order valence-corrected chi connectivity index (χ0v) is 13.9. The van der Waals surface area contributed by atoms with Gasteiger partial charge in [0, 0.05) is 43.0 Å². The summed E-state index contributed by atoms with van der Waals surface area (Å²) in [5, 5.41) is 2.38. The second kappa shape index (κ2) is 5.92. The number of imidazole rings is 1. The lowest BCUT2D eigenvalue weighted by Crippen LogP contribution is -2.50. The fraction of sp³-hybridized carbons (Fsp3) is 0.500. The van der Waals surface area contributed by atoms with Gasteiger partial charge < -0.3 is 9.91 Å². The van der Waals surface area contributed by atoms with Crippen LogP contribution in [0.4, 0.5) is 0 Å². The topological polar surface area (TPSA) is 24.3 Å². The van der Waals surface area contributed by atoms with Crippen molar-refractivity contribution in [3.63, 3.8) is 0 Å². The van der Waals surface area contributed by atoms with Crippen LogP contribution < -0.4 is 5.01 Å². The average Bonchev–Trinajstić information content (AvgIpc) is 2.77. The van der Waals surface area contributed by atoms with Crippen LogP contribution in [0.15, 0.2) is 22.7 Å². The Morgan fingerprint density at radius 3 is 2.70 bits per heavy atom. The van der Waals surface area contributed by atoms with E-state index in [1.807, 2.05) is 0 Å². The Morgan fingerprint density at radius 2 is 2.00 bits per heavy atom. The number of halogens is 2. The summed E-state index contributed by atoms with van der Waals surface area (Å²) >= 11 is 9.45. The first-order valence-corrected chi connectivity index (χ1v) is 8.18. The molecular weight excluding hydrogens is 340 g/mol. The number of likely N-dealkylation sites (N-methyl/N-ethyl adjacent to an activating group) is 1. The molecule has 0 unspecified atom stereocenters. The van der Waals surface area contributed by atoms with Gasteiger partial charge in [-0.15, -0.1) is 11.6 Å². The molecule has 2 heterocycles. The van der Waals surface area contributed by atoms with Crippen molar-refractivity contribution in [1.29, 1.82) is 0 Å². The van der Waals surface area contributed by atoms with Crippen LogP contribution in [0.2, 0.25) is 0 Å². The minimum Gasteiger partial charge on any atom is -0.308 e. The molecule has 1 aliphatic heterocycles. The van der Waals surface area contributed by atoms with Crippen molar-refractivity contribution >= 4 is 38.6 Å². The van der Waals surface area contributed by atoms with Gasteiger partial charge in [-0.3, -0.25) is 0 Å². The zero-order chi connectivity index (χ0) is 14.1. The molecule has 3 rings (SSSR count). The second-order valence-corrected chi connectivity index (χ2v) is 6.46. The van der Waals surface area contributed by atoms with Crippen molar-refractivity contribution in [3.05, 3.63) is 28.5 Å². The van der Waals surface area contributed by atoms with E-state index in [1.165, 1.54) is 0 Å². The molecule has 0 saturated carbocycles. The lowest BCUT2D eigenvalue weighted by Gasteiger charge is -2.35. The molecular formula is C14H18BrClN4. The SMILES string of the molecule is CN1CCN(n2c(CCCl)nc3cc(Br)ccc32)CC1. The van der Waals surface area contributed by atoms with Crippen LogP contribution in [-0.2, 0) is 6.42 Å². The maximum atomic E-state index is 5.94. The first-order valence-electron chi connectivity index (χ1n) is 6.85. The van der Waals surface area contributed by atoms with E-state index in [-0.39, 0.29) is 0 Å². The summed E-state index contributed by atoms with van der Waals surface area (Å²) in [4.78, 5) is 7.11. The van der Waals surface area contributed by atoms with E-state index in [1.54, 1.807) is 0 Å². The molecule has 0 spiro atoms. The van der Waals surface area contributed by atoms with Crippen LogP contribution in [0.3, 0.4) is 0 Å². The average molecular weight is 358 g/mol. The van der Waals surface area contributed by atoms with E-state index in [0.29, 0.717) is 5.88 Å². The third-order valence-electron chi connectivity index (χ3n) is 3.74. The highest BCUT2D eigenvalue weighted by Crippen LogP contribution is 2.22. The third kappa shape index (κ3) is 2.67. The van der Waals surface area contributed by atoms with Crippen LogP contribution in [0.25, 0.3) is 11.0 Å². The van der Waals surface area contributed by atoms with E-state index in [4.69, 9.17) is 16.6 Å². The van der Waals surface area contributed by atoms with E-state index in [2.05, 4.69) is 55.8 Å². The quantitative estimate of drug-likeness (QED) is 0.789. The highest BCUT2D eigenvalue weighted by molar-refractivity contribution is 9.10. The maximum Gasteiger partial charge on any atom is 0.130 e. The predicted molar refractivity (Wildman–Crippen MR) is 87.3 cm³/mol. The number of alkyl halides is 1. The molecule has 20 heavy (non-hydrogen) atoms. The summed E-state index contributed by atoms with van der Waals surface area (Å²) in [5.74, 6) is 1.65. The second-order valence-electron chi connectivity index (χ2n) is 5.17. The minimum atomic E-state index is 0.595. The largest absolute Gasteiger partial charge is 0.308 e. The first-order chi connectivity index (χ1) is 9.69. The summed E-state index contributed by atoms with van der Waals surface area (Å²) in [6.45, 7) is 4.20. The smallest absolute Gasteiger partial charge is 0.130 e. The number of hydrogen-bond acceptors (Lipinski definition) is 3. The van der Waals surface area contributed by atoms with E-state index in [9.17, 15) is 0 Å². The fourth-order valence-electron chi connectivity index (χ4n) is 2.65. The molecule has 0 amide bonds. The molecule has 0 radical (unpaired) electrons. The van der Waals surface area contributed by atoms with Gasteiger partial charge in [-0.2, -0.15) is 0 Å². The third-order valence-corrected chi connectivity index (χ3v) is 4.42. The summed E-state index contributed by atoms with van der Waals surface area (Å²) in [6.07, 6.45) is 0.792. The molecule has 0 atom stereocenters. The molecule has 1 aliphatic rings. The van der Waals surface area contributed by atoms with E-state index in [0.717, 1.165) is 53.9 Å². The lowest BCUT2D eigenvalue weighted by molar-refractivity contribution is 0.287. The Kier molecular flexibility index (Phi) is 4.19. The summed E-state index contributed by atoms with van der Waals surface area (Å²) < 4.78 is 3.32. The van der Waals surface area contributed by atoms with Crippen molar-refractivity contribution in [1.82, 2.24) is 14.6 Å². The number of nitrogens with zero attached hydrogens (tertiary/aromatic N) is 4. The number of aromatic nitrogens is 2. The number of fused-ring (bicyclic) bond motifs is 1. The van der Waals surface area contributed by atoms with Crippen molar-refractivity contribution in [3.8, 4) is 0 Å². The fourth-order valence-corrected chi connectivity index (χ4v) is 3.17. The number of rotatable bonds is 3. The van der Waals surface area contributed by atoms with Crippen LogP contribution in [-0.4, -0.2) is 53.7 Å². The Hall–Kier alpha value is -0.780. The summed E-state index contributed by atoms with van der Waals surface area (Å²) in [6, 6.07) is 6.27. The molecule has 0 aliphatic carbocycles. The molecule has 1 fully saturated rings. The van der Waals surface area contributed by atoms with Gasteiger partial charge in [0.15, 0.2) is 0 Å². The van der Waals surface area contributed by atoms with Gasteiger partial charge in [-0.25, -0.2) is 9.66 Å². The Morgan fingerprint density at radius 1 is 1.25 bits per heavy atom. The highest BCUT2D eigenvalue weighted by Gasteiger charge is 2.19. The maximum absolute atomic E-state index is 5.94. The van der Waals surface area contributed by atoms with Crippen molar-refractivity contribution in [2.24, 2.45) is 0 Å². The molecule has 2 aromatic rings. The van der Waals surface area contributed by atoms with Gasteiger partial charge in [0.2, 0.25) is 0 Å². The predicted octanol–water partition coefficient (Wildman–Crippen LogP) is 2.46. The molecule has 6 heteroatoms. The van der Waals surface area contributed by atoms with Gasteiger partial charge in [-0.1, -0.05) is 15.9 Å². The lowest BCUT2D eigenvalue weighted by atomic mass is 10.3. The van der Waals surface area contributed by atoms with Crippen molar-refractivity contribution < 1.29 is 0 Å². The van der Waals surface area contributed by atoms with E-state index >= 15 is 0 Å². The highest BCUT2D eigenvalue weighted by atomic mass is 79.9. The molecule has 0 N–H and O–H groups in total. The van der Waals surface area contributed by atoms with Crippen LogP contribution in [0, 0.1) is 0 Å². The summed E-state index contributed by atoms with van der Waals surface area (Å²) in [7, 11) is 2.17. The normalized spacial score (nSPS) is 17.1. The molecule has 1 saturated heterocycles. The first kappa shape index (κ1) is 14.2.